The summed E-state index contributed by atoms with van der Waals surface area (Å²) >= 11 is 5.97. The Morgan fingerprint density at radius 3 is 2.32 bits per heavy atom. The average Bonchev–Trinajstić information content (AvgIpc) is 3.52. The fraction of sp³-hybridized carbons (Fsp3) is 0.682. The van der Waals surface area contributed by atoms with E-state index < -0.39 is 27.5 Å². The van der Waals surface area contributed by atoms with E-state index in [1.165, 1.54) is 0 Å². The lowest BCUT2D eigenvalue weighted by molar-refractivity contribution is -0.137. The van der Waals surface area contributed by atoms with Crippen molar-refractivity contribution >= 4 is 27.3 Å². The van der Waals surface area contributed by atoms with Crippen molar-refractivity contribution in [2.75, 3.05) is 5.75 Å². The number of hydrogen-bond donors (Lipinski definition) is 1. The number of carbonyl (C=O) groups is 1. The van der Waals surface area contributed by atoms with Gasteiger partial charge in [0.25, 0.3) is 5.91 Å². The first-order valence-corrected chi connectivity index (χ1v) is 12.9. The summed E-state index contributed by atoms with van der Waals surface area (Å²) in [4.78, 5) is 12.8. The Labute approximate surface area is 185 Å². The van der Waals surface area contributed by atoms with Gasteiger partial charge in [0.1, 0.15) is 0 Å². The number of nitrogens with one attached hydrogen (secondary N) is 1. The number of hydrogen-bond acceptors (Lipinski definition) is 3. The Bertz CT molecular complexity index is 965. The predicted octanol–water partition coefficient (Wildman–Crippen LogP) is 5.25. The topological polar surface area (TPSA) is 63.2 Å². The predicted molar refractivity (Wildman–Crippen MR) is 113 cm³/mol. The van der Waals surface area contributed by atoms with Crippen LogP contribution in [0.4, 0.5) is 13.2 Å². The first-order valence-electron chi connectivity index (χ1n) is 10.8. The summed E-state index contributed by atoms with van der Waals surface area (Å²) in [5, 5.41) is 2.28. The van der Waals surface area contributed by atoms with Crippen LogP contribution in [0.3, 0.4) is 0 Å². The maximum absolute atomic E-state index is 12.9. The normalized spacial score (nSPS) is 27.5. The molecule has 4 rings (SSSR count). The third kappa shape index (κ3) is 5.05. The van der Waals surface area contributed by atoms with Gasteiger partial charge >= 0.3 is 6.18 Å². The van der Waals surface area contributed by atoms with Gasteiger partial charge in [-0.25, -0.2) is 8.42 Å². The molecule has 1 N–H and O–H groups in total. The average molecular weight is 478 g/mol. The molecule has 1 aromatic rings. The van der Waals surface area contributed by atoms with E-state index in [1.807, 2.05) is 6.92 Å². The fourth-order valence-electron chi connectivity index (χ4n) is 4.75. The quantitative estimate of drug-likeness (QED) is 0.556. The highest BCUT2D eigenvalue weighted by molar-refractivity contribution is 7.92. The number of carbonyl (C=O) groups excluding carboxylic acids is 1. The van der Waals surface area contributed by atoms with Gasteiger partial charge in [0.2, 0.25) is 0 Å². The van der Waals surface area contributed by atoms with E-state index in [1.54, 1.807) is 0 Å². The first kappa shape index (κ1) is 22.9. The Morgan fingerprint density at radius 2 is 1.81 bits per heavy atom. The second-order valence-corrected chi connectivity index (χ2v) is 12.4. The maximum atomic E-state index is 12.9. The van der Waals surface area contributed by atoms with E-state index in [9.17, 15) is 26.4 Å². The summed E-state index contributed by atoms with van der Waals surface area (Å²) in [5.41, 5.74) is -1.22. The summed E-state index contributed by atoms with van der Waals surface area (Å²) in [6, 6.07) is 2.39. The number of rotatable bonds is 8. The minimum Gasteiger partial charge on any atom is -0.349 e. The lowest BCUT2D eigenvalue weighted by atomic mass is 9.61. The third-order valence-corrected chi connectivity index (χ3v) is 9.74. The molecule has 1 unspecified atom stereocenters. The van der Waals surface area contributed by atoms with Crippen LogP contribution in [0.15, 0.2) is 18.2 Å². The van der Waals surface area contributed by atoms with Crippen LogP contribution in [0.25, 0.3) is 0 Å². The summed E-state index contributed by atoms with van der Waals surface area (Å²) in [5.74, 6) is 0.591. The monoisotopic (exact) mass is 477 g/mol. The summed E-state index contributed by atoms with van der Waals surface area (Å²) in [6.07, 6.45) is 1.59. The Balaban J connectivity index is 1.45. The highest BCUT2D eigenvalue weighted by Gasteiger charge is 2.55. The van der Waals surface area contributed by atoms with Crippen LogP contribution in [0.5, 0.6) is 0 Å². The molecule has 3 saturated carbocycles. The van der Waals surface area contributed by atoms with Crippen LogP contribution in [0.1, 0.15) is 67.8 Å². The molecule has 0 radical (unpaired) electrons. The SMILES string of the molecule is CC(NC(=O)c1ccc(C(F)(F)F)cc1Cl)C1(CC2CC2)CC(S(=O)(=O)CC2CC2)C1. The zero-order valence-electron chi connectivity index (χ0n) is 17.3. The van der Waals surface area contributed by atoms with Crippen LogP contribution in [-0.4, -0.2) is 31.4 Å². The van der Waals surface area contributed by atoms with Gasteiger partial charge < -0.3 is 5.32 Å². The summed E-state index contributed by atoms with van der Waals surface area (Å²) in [7, 11) is -3.13. The van der Waals surface area contributed by atoms with E-state index in [0.717, 1.165) is 50.3 Å². The van der Waals surface area contributed by atoms with Crippen molar-refractivity contribution in [3.63, 3.8) is 0 Å². The molecule has 3 aliphatic rings. The van der Waals surface area contributed by atoms with Crippen molar-refractivity contribution in [3.8, 4) is 0 Å². The van der Waals surface area contributed by atoms with E-state index in [2.05, 4.69) is 5.32 Å². The van der Waals surface area contributed by atoms with Gasteiger partial charge in [-0.3, -0.25) is 4.79 Å². The molecule has 1 aromatic carbocycles. The molecule has 4 nitrogen and oxygen atoms in total. The minimum absolute atomic E-state index is 0.0136. The highest BCUT2D eigenvalue weighted by Crippen LogP contribution is 2.55. The van der Waals surface area contributed by atoms with Gasteiger partial charge in [0.15, 0.2) is 9.84 Å². The molecule has 0 heterocycles. The lowest BCUT2D eigenvalue weighted by Crippen LogP contribution is -2.57. The van der Waals surface area contributed by atoms with E-state index >= 15 is 0 Å². The Hall–Kier alpha value is -1.28. The zero-order valence-corrected chi connectivity index (χ0v) is 18.9. The smallest absolute Gasteiger partial charge is 0.349 e. The largest absolute Gasteiger partial charge is 0.416 e. The van der Waals surface area contributed by atoms with Crippen molar-refractivity contribution in [2.45, 2.75) is 69.3 Å². The number of amides is 1. The van der Waals surface area contributed by atoms with E-state index in [-0.39, 0.29) is 33.0 Å². The molecule has 0 aliphatic heterocycles. The number of halogens is 4. The molecule has 1 amide bonds. The van der Waals surface area contributed by atoms with Crippen molar-refractivity contribution in [1.29, 1.82) is 0 Å². The summed E-state index contributed by atoms with van der Waals surface area (Å²) in [6.45, 7) is 1.86. The minimum atomic E-state index is -4.53. The van der Waals surface area contributed by atoms with E-state index in [0.29, 0.717) is 24.7 Å². The Kier molecular flexibility index (Phi) is 5.86. The Morgan fingerprint density at radius 1 is 1.19 bits per heavy atom. The van der Waals surface area contributed by atoms with Crippen LogP contribution in [0.2, 0.25) is 5.02 Å². The van der Waals surface area contributed by atoms with Gasteiger partial charge in [-0.15, -0.1) is 0 Å². The van der Waals surface area contributed by atoms with Gasteiger partial charge in [-0.05, 0) is 74.5 Å². The molecule has 3 aliphatic carbocycles. The lowest BCUT2D eigenvalue weighted by Gasteiger charge is -2.51. The third-order valence-electron chi connectivity index (χ3n) is 7.14. The number of sulfone groups is 1. The van der Waals surface area contributed by atoms with Crippen LogP contribution >= 0.6 is 11.6 Å². The van der Waals surface area contributed by atoms with Crippen molar-refractivity contribution in [1.82, 2.24) is 5.32 Å². The molecule has 1 atom stereocenters. The van der Waals surface area contributed by atoms with Gasteiger partial charge in [-0.2, -0.15) is 13.2 Å². The fourth-order valence-corrected chi connectivity index (χ4v) is 7.45. The molecule has 9 heteroatoms. The second-order valence-electron chi connectivity index (χ2n) is 9.70. The second kappa shape index (κ2) is 7.94. The first-order chi connectivity index (χ1) is 14.4. The maximum Gasteiger partial charge on any atom is 0.416 e. The molecule has 0 saturated heterocycles. The molecular formula is C22H27ClF3NO3S. The van der Waals surface area contributed by atoms with Crippen LogP contribution in [0, 0.1) is 17.3 Å². The molecule has 0 bridgehead atoms. The zero-order chi connectivity index (χ0) is 22.6. The number of benzene rings is 1. The highest BCUT2D eigenvalue weighted by atomic mass is 35.5. The molecule has 0 spiro atoms. The van der Waals surface area contributed by atoms with Crippen molar-refractivity contribution in [3.05, 3.63) is 34.3 Å². The van der Waals surface area contributed by atoms with Gasteiger partial charge in [0.05, 0.1) is 27.2 Å². The van der Waals surface area contributed by atoms with Crippen LogP contribution in [-0.2, 0) is 16.0 Å². The standard InChI is InChI=1S/C22H27ClF3NO3S/c1-13(27-20(28)18-7-6-16(8-19(18)23)22(24,25)26)21(9-14-2-3-14)10-17(11-21)31(29,30)12-15-4-5-15/h6-8,13-15,17H,2-5,9-12H2,1H3,(H,27,28). The molecule has 31 heavy (non-hydrogen) atoms. The molecular weight excluding hydrogens is 451 g/mol. The van der Waals surface area contributed by atoms with Crippen molar-refractivity contribution < 1.29 is 26.4 Å². The number of alkyl halides is 3. The molecule has 172 valence electrons. The molecule has 3 fully saturated rings. The van der Waals surface area contributed by atoms with Crippen LogP contribution < -0.4 is 5.32 Å². The van der Waals surface area contributed by atoms with Gasteiger partial charge in [-0.1, -0.05) is 24.4 Å². The summed E-state index contributed by atoms with van der Waals surface area (Å²) < 4.78 is 63.9. The molecule has 0 aromatic heterocycles. The van der Waals surface area contributed by atoms with E-state index in [4.69, 9.17) is 11.6 Å². The van der Waals surface area contributed by atoms with Gasteiger partial charge in [0, 0.05) is 6.04 Å². The van der Waals surface area contributed by atoms with Crippen molar-refractivity contribution in [2.24, 2.45) is 17.3 Å².